The van der Waals surface area contributed by atoms with Gasteiger partial charge < -0.3 is 4.74 Å². The van der Waals surface area contributed by atoms with Crippen LogP contribution in [-0.4, -0.2) is 16.2 Å². The number of thiophene rings is 1. The van der Waals surface area contributed by atoms with Crippen molar-refractivity contribution in [3.63, 3.8) is 0 Å². The maximum Gasteiger partial charge on any atom is 0.262 e. The molecule has 0 aliphatic heterocycles. The van der Waals surface area contributed by atoms with Crippen molar-refractivity contribution in [1.29, 1.82) is 0 Å². The first kappa shape index (κ1) is 21.0. The Bertz CT molecular complexity index is 1340. The fourth-order valence-corrected chi connectivity index (χ4v) is 5.82. The SMILES string of the molecule is Cc1cccc(OCCCn2c(-c3cccc(C)c3)nc3sc4c(c3c2=O)CCCC4)c1. The minimum Gasteiger partial charge on any atom is -0.494 e. The normalized spacial score (nSPS) is 13.3. The number of ether oxygens (including phenoxy) is 1. The van der Waals surface area contributed by atoms with Gasteiger partial charge in [0.1, 0.15) is 16.4 Å². The Morgan fingerprint density at radius 3 is 2.62 bits per heavy atom. The number of hydrogen-bond donors (Lipinski definition) is 0. The van der Waals surface area contributed by atoms with Crippen LogP contribution in [0.25, 0.3) is 21.6 Å². The van der Waals surface area contributed by atoms with E-state index in [2.05, 4.69) is 32.0 Å². The summed E-state index contributed by atoms with van der Waals surface area (Å²) in [4.78, 5) is 21.0. The molecule has 0 amide bonds. The second kappa shape index (κ2) is 8.91. The number of benzene rings is 2. The van der Waals surface area contributed by atoms with Crippen LogP contribution in [-0.2, 0) is 19.4 Å². The molecule has 2 aromatic heterocycles. The van der Waals surface area contributed by atoms with E-state index in [0.29, 0.717) is 13.2 Å². The molecule has 1 aliphatic carbocycles. The van der Waals surface area contributed by atoms with Gasteiger partial charge in [0, 0.05) is 17.0 Å². The van der Waals surface area contributed by atoms with Crippen LogP contribution in [0.5, 0.6) is 5.75 Å². The Morgan fingerprint density at radius 2 is 1.81 bits per heavy atom. The summed E-state index contributed by atoms with van der Waals surface area (Å²) in [7, 11) is 0. The molecular weight excluding hydrogens is 416 g/mol. The lowest BCUT2D eigenvalue weighted by Gasteiger charge is -2.15. The molecule has 0 N–H and O–H groups in total. The lowest BCUT2D eigenvalue weighted by Crippen LogP contribution is -2.25. The molecule has 0 atom stereocenters. The molecule has 5 heteroatoms. The molecule has 32 heavy (non-hydrogen) atoms. The highest BCUT2D eigenvalue weighted by Gasteiger charge is 2.22. The van der Waals surface area contributed by atoms with Gasteiger partial charge in [-0.25, -0.2) is 4.98 Å². The van der Waals surface area contributed by atoms with Gasteiger partial charge >= 0.3 is 0 Å². The molecule has 4 aromatic rings. The smallest absolute Gasteiger partial charge is 0.262 e. The molecule has 0 fully saturated rings. The zero-order valence-corrected chi connectivity index (χ0v) is 19.5. The summed E-state index contributed by atoms with van der Waals surface area (Å²) in [6, 6.07) is 16.3. The highest BCUT2D eigenvalue weighted by molar-refractivity contribution is 7.18. The molecule has 0 saturated carbocycles. The van der Waals surface area contributed by atoms with Gasteiger partial charge in [0.15, 0.2) is 0 Å². The Hall–Kier alpha value is -2.92. The summed E-state index contributed by atoms with van der Waals surface area (Å²) in [6.07, 6.45) is 5.16. The number of rotatable bonds is 6. The second-order valence-corrected chi connectivity index (χ2v) is 9.75. The Labute approximate surface area is 192 Å². The summed E-state index contributed by atoms with van der Waals surface area (Å²) in [6.45, 7) is 5.28. The predicted octanol–water partition coefficient (Wildman–Crippen LogP) is 6.09. The summed E-state index contributed by atoms with van der Waals surface area (Å²) in [5.41, 5.74) is 4.68. The van der Waals surface area contributed by atoms with E-state index in [1.165, 1.54) is 22.4 Å². The van der Waals surface area contributed by atoms with E-state index in [-0.39, 0.29) is 5.56 Å². The van der Waals surface area contributed by atoms with E-state index in [1.54, 1.807) is 11.3 Å². The summed E-state index contributed by atoms with van der Waals surface area (Å²) in [5.74, 6) is 1.64. The van der Waals surface area contributed by atoms with Crippen LogP contribution in [0, 0.1) is 13.8 Å². The van der Waals surface area contributed by atoms with Crippen LogP contribution < -0.4 is 10.3 Å². The van der Waals surface area contributed by atoms with E-state index in [9.17, 15) is 4.79 Å². The van der Waals surface area contributed by atoms with Crippen molar-refractivity contribution in [2.75, 3.05) is 6.61 Å². The standard InChI is InChI=1S/C27H28N2O2S/c1-18-8-5-10-20(16-18)25-28-26-24(22-12-3-4-13-23(22)32-26)27(30)29(25)14-7-15-31-21-11-6-9-19(2)17-21/h5-6,8-11,16-17H,3-4,7,12-15H2,1-2H3. The molecular formula is C27H28N2O2S. The van der Waals surface area contributed by atoms with Gasteiger partial charge in [-0.1, -0.05) is 35.9 Å². The fourth-order valence-electron chi connectivity index (χ4n) is 4.57. The minimum absolute atomic E-state index is 0.0986. The summed E-state index contributed by atoms with van der Waals surface area (Å²) >= 11 is 1.71. The van der Waals surface area contributed by atoms with Crippen molar-refractivity contribution in [1.82, 2.24) is 9.55 Å². The van der Waals surface area contributed by atoms with Crippen molar-refractivity contribution in [3.8, 4) is 17.1 Å². The Balaban J connectivity index is 1.50. The van der Waals surface area contributed by atoms with Gasteiger partial charge in [-0.3, -0.25) is 9.36 Å². The number of aromatic nitrogens is 2. The second-order valence-electron chi connectivity index (χ2n) is 8.67. The number of fused-ring (bicyclic) bond motifs is 3. The summed E-state index contributed by atoms with van der Waals surface area (Å²) in [5, 5.41) is 0.848. The Morgan fingerprint density at radius 1 is 1.03 bits per heavy atom. The molecule has 0 saturated heterocycles. The molecule has 0 unspecified atom stereocenters. The Kier molecular flexibility index (Phi) is 5.83. The van der Waals surface area contributed by atoms with Gasteiger partial charge in [0.05, 0.1) is 12.0 Å². The van der Waals surface area contributed by atoms with Gasteiger partial charge in [0.25, 0.3) is 5.56 Å². The van der Waals surface area contributed by atoms with Gasteiger partial charge in [-0.05, 0) is 75.3 Å². The van der Waals surface area contributed by atoms with Crippen molar-refractivity contribution >= 4 is 21.6 Å². The van der Waals surface area contributed by atoms with Crippen LogP contribution in [0.3, 0.4) is 0 Å². The molecule has 164 valence electrons. The lowest BCUT2D eigenvalue weighted by molar-refractivity contribution is 0.301. The molecule has 2 aromatic carbocycles. The first-order valence-corrected chi connectivity index (χ1v) is 12.2. The number of hydrogen-bond acceptors (Lipinski definition) is 4. The average Bonchev–Trinajstić information content (AvgIpc) is 3.16. The largest absolute Gasteiger partial charge is 0.494 e. The number of nitrogens with zero attached hydrogens (tertiary/aromatic N) is 2. The topological polar surface area (TPSA) is 44.1 Å². The third-order valence-corrected chi connectivity index (χ3v) is 7.32. The van der Waals surface area contributed by atoms with Crippen LogP contribution in [0.4, 0.5) is 0 Å². The lowest BCUT2D eigenvalue weighted by atomic mass is 9.97. The van der Waals surface area contributed by atoms with Crippen molar-refractivity contribution < 1.29 is 4.74 Å². The quantitative estimate of drug-likeness (QED) is 0.338. The van der Waals surface area contributed by atoms with Crippen molar-refractivity contribution in [2.24, 2.45) is 0 Å². The van der Waals surface area contributed by atoms with Gasteiger partial charge in [-0.2, -0.15) is 0 Å². The monoisotopic (exact) mass is 444 g/mol. The zero-order chi connectivity index (χ0) is 22.1. The van der Waals surface area contributed by atoms with E-state index >= 15 is 0 Å². The van der Waals surface area contributed by atoms with E-state index in [1.807, 2.05) is 34.9 Å². The van der Waals surface area contributed by atoms with E-state index in [4.69, 9.17) is 9.72 Å². The van der Waals surface area contributed by atoms with Crippen molar-refractivity contribution in [3.05, 3.63) is 80.5 Å². The van der Waals surface area contributed by atoms with Gasteiger partial charge in [-0.15, -0.1) is 11.3 Å². The highest BCUT2D eigenvalue weighted by atomic mass is 32.1. The van der Waals surface area contributed by atoms with E-state index in [0.717, 1.165) is 58.6 Å². The zero-order valence-electron chi connectivity index (χ0n) is 18.7. The van der Waals surface area contributed by atoms with Crippen molar-refractivity contribution in [2.45, 2.75) is 52.5 Å². The first-order valence-electron chi connectivity index (χ1n) is 11.4. The molecule has 4 nitrogen and oxygen atoms in total. The fraction of sp³-hybridized carbons (Fsp3) is 0.333. The maximum absolute atomic E-state index is 13.7. The van der Waals surface area contributed by atoms with Crippen LogP contribution in [0.2, 0.25) is 0 Å². The molecule has 0 radical (unpaired) electrons. The minimum atomic E-state index is 0.0986. The molecule has 0 spiro atoms. The average molecular weight is 445 g/mol. The predicted molar refractivity (Wildman–Crippen MR) is 132 cm³/mol. The first-order chi connectivity index (χ1) is 15.6. The van der Waals surface area contributed by atoms with Crippen LogP contribution >= 0.6 is 11.3 Å². The third-order valence-electron chi connectivity index (χ3n) is 6.14. The number of aryl methyl sites for hydroxylation is 4. The van der Waals surface area contributed by atoms with Crippen LogP contribution in [0.15, 0.2) is 53.3 Å². The maximum atomic E-state index is 13.7. The van der Waals surface area contributed by atoms with E-state index < -0.39 is 0 Å². The van der Waals surface area contributed by atoms with Crippen LogP contribution in [0.1, 0.15) is 40.8 Å². The summed E-state index contributed by atoms with van der Waals surface area (Å²) < 4.78 is 7.82. The molecule has 0 bridgehead atoms. The highest BCUT2D eigenvalue weighted by Crippen LogP contribution is 2.35. The molecule has 2 heterocycles. The molecule has 5 rings (SSSR count). The third kappa shape index (κ3) is 4.09. The van der Waals surface area contributed by atoms with Gasteiger partial charge in [0.2, 0.25) is 0 Å². The molecule has 1 aliphatic rings.